The molecule has 0 spiro atoms. The maximum atomic E-state index is 12.5. The second-order valence-corrected chi connectivity index (χ2v) is 6.73. The SMILES string of the molecule is CC(=O)Nc1ccc(-c2nc(CC(=O)N(C)c3ccccc3)cs2)cc1. The molecular formula is C20H19N3O2S. The summed E-state index contributed by atoms with van der Waals surface area (Å²) >= 11 is 1.50. The average molecular weight is 365 g/mol. The first kappa shape index (κ1) is 17.8. The molecule has 0 bridgehead atoms. The Hall–Kier alpha value is -2.99. The predicted octanol–water partition coefficient (Wildman–Crippen LogP) is 3.97. The Morgan fingerprint density at radius 2 is 1.77 bits per heavy atom. The maximum Gasteiger partial charge on any atom is 0.232 e. The first-order chi connectivity index (χ1) is 12.5. The van der Waals surface area contributed by atoms with Crippen LogP contribution in [0.3, 0.4) is 0 Å². The van der Waals surface area contributed by atoms with Gasteiger partial charge in [0.25, 0.3) is 0 Å². The molecule has 0 atom stereocenters. The molecule has 5 nitrogen and oxygen atoms in total. The van der Waals surface area contributed by atoms with E-state index in [1.807, 2.05) is 60.0 Å². The highest BCUT2D eigenvalue weighted by Gasteiger charge is 2.14. The highest BCUT2D eigenvalue weighted by Crippen LogP contribution is 2.25. The number of carbonyl (C=O) groups is 2. The Labute approximate surface area is 156 Å². The van der Waals surface area contributed by atoms with Crippen molar-refractivity contribution in [3.8, 4) is 10.6 Å². The van der Waals surface area contributed by atoms with Crippen LogP contribution in [0.2, 0.25) is 0 Å². The van der Waals surface area contributed by atoms with Crippen LogP contribution in [0.25, 0.3) is 10.6 Å². The van der Waals surface area contributed by atoms with Crippen molar-refractivity contribution in [2.45, 2.75) is 13.3 Å². The Morgan fingerprint density at radius 3 is 2.42 bits per heavy atom. The number of hydrogen-bond donors (Lipinski definition) is 1. The monoisotopic (exact) mass is 365 g/mol. The number of nitrogens with one attached hydrogen (secondary N) is 1. The van der Waals surface area contributed by atoms with E-state index < -0.39 is 0 Å². The van der Waals surface area contributed by atoms with Gasteiger partial charge < -0.3 is 10.2 Å². The second-order valence-electron chi connectivity index (χ2n) is 5.87. The topological polar surface area (TPSA) is 62.3 Å². The van der Waals surface area contributed by atoms with Gasteiger partial charge in [-0.3, -0.25) is 9.59 Å². The number of carbonyl (C=O) groups excluding carboxylic acids is 2. The van der Waals surface area contributed by atoms with E-state index in [1.165, 1.54) is 18.3 Å². The molecule has 0 aliphatic carbocycles. The van der Waals surface area contributed by atoms with Gasteiger partial charge in [0.05, 0.1) is 12.1 Å². The fraction of sp³-hybridized carbons (Fsp3) is 0.150. The van der Waals surface area contributed by atoms with Crippen molar-refractivity contribution in [3.05, 3.63) is 65.7 Å². The van der Waals surface area contributed by atoms with Gasteiger partial charge in [-0.15, -0.1) is 11.3 Å². The van der Waals surface area contributed by atoms with Crippen molar-refractivity contribution >= 4 is 34.5 Å². The van der Waals surface area contributed by atoms with E-state index in [-0.39, 0.29) is 18.2 Å². The molecule has 0 saturated heterocycles. The van der Waals surface area contributed by atoms with Crippen molar-refractivity contribution in [1.82, 2.24) is 4.98 Å². The van der Waals surface area contributed by atoms with Crippen LogP contribution >= 0.6 is 11.3 Å². The average Bonchev–Trinajstić information content (AvgIpc) is 3.10. The molecule has 26 heavy (non-hydrogen) atoms. The zero-order valence-corrected chi connectivity index (χ0v) is 15.4. The summed E-state index contributed by atoms with van der Waals surface area (Å²) in [5.74, 6) is -0.107. The van der Waals surface area contributed by atoms with Gasteiger partial charge in [0.15, 0.2) is 0 Å². The van der Waals surface area contributed by atoms with Crippen molar-refractivity contribution in [1.29, 1.82) is 0 Å². The molecule has 0 aliphatic rings. The normalized spacial score (nSPS) is 10.4. The summed E-state index contributed by atoms with van der Waals surface area (Å²) in [6.45, 7) is 1.48. The third kappa shape index (κ3) is 4.34. The number of hydrogen-bond acceptors (Lipinski definition) is 4. The van der Waals surface area contributed by atoms with E-state index >= 15 is 0 Å². The van der Waals surface area contributed by atoms with Gasteiger partial charge in [0.2, 0.25) is 11.8 Å². The molecule has 2 amide bonds. The molecule has 132 valence electrons. The number of anilines is 2. The van der Waals surface area contributed by atoms with E-state index in [2.05, 4.69) is 10.3 Å². The first-order valence-electron chi connectivity index (χ1n) is 8.17. The Kier molecular flexibility index (Phi) is 5.43. The van der Waals surface area contributed by atoms with Crippen LogP contribution in [0.15, 0.2) is 60.0 Å². The van der Waals surface area contributed by atoms with Gasteiger partial charge in [-0.2, -0.15) is 0 Å². The fourth-order valence-electron chi connectivity index (χ4n) is 2.49. The molecule has 1 N–H and O–H groups in total. The third-order valence-corrected chi connectivity index (χ3v) is 4.79. The lowest BCUT2D eigenvalue weighted by atomic mass is 10.2. The van der Waals surface area contributed by atoms with Gasteiger partial charge in [0, 0.05) is 36.3 Å². The van der Waals surface area contributed by atoms with E-state index in [0.29, 0.717) is 0 Å². The van der Waals surface area contributed by atoms with E-state index in [0.717, 1.165) is 27.6 Å². The van der Waals surface area contributed by atoms with E-state index in [9.17, 15) is 9.59 Å². The van der Waals surface area contributed by atoms with Crippen LogP contribution in [0.1, 0.15) is 12.6 Å². The summed E-state index contributed by atoms with van der Waals surface area (Å²) in [6.07, 6.45) is 0.256. The molecule has 0 radical (unpaired) electrons. The highest BCUT2D eigenvalue weighted by molar-refractivity contribution is 7.13. The van der Waals surface area contributed by atoms with Crippen LogP contribution in [-0.2, 0) is 16.0 Å². The van der Waals surface area contributed by atoms with E-state index in [4.69, 9.17) is 0 Å². The zero-order chi connectivity index (χ0) is 18.5. The third-order valence-electron chi connectivity index (χ3n) is 3.85. The Balaban J connectivity index is 1.68. The number of nitrogens with zero attached hydrogens (tertiary/aromatic N) is 2. The minimum absolute atomic E-state index is 0.00550. The molecule has 1 aromatic heterocycles. The molecule has 1 heterocycles. The van der Waals surface area contributed by atoms with Crippen LogP contribution in [0.5, 0.6) is 0 Å². The minimum atomic E-state index is -0.102. The lowest BCUT2D eigenvalue weighted by molar-refractivity contribution is -0.117. The van der Waals surface area contributed by atoms with Crippen LogP contribution in [0, 0.1) is 0 Å². The van der Waals surface area contributed by atoms with Crippen molar-refractivity contribution in [3.63, 3.8) is 0 Å². The quantitative estimate of drug-likeness (QED) is 0.744. The summed E-state index contributed by atoms with van der Waals surface area (Å²) in [4.78, 5) is 29.7. The molecule has 0 fully saturated rings. The summed E-state index contributed by atoms with van der Waals surface area (Å²) in [5.41, 5.74) is 3.32. The van der Waals surface area contributed by atoms with Crippen molar-refractivity contribution in [2.24, 2.45) is 0 Å². The number of rotatable bonds is 5. The highest BCUT2D eigenvalue weighted by atomic mass is 32.1. The standard InChI is InChI=1S/C20H19N3O2S/c1-14(24)21-16-10-8-15(9-11-16)20-22-17(13-26-20)12-19(25)23(2)18-6-4-3-5-7-18/h3-11,13H,12H2,1-2H3,(H,21,24). The summed E-state index contributed by atoms with van der Waals surface area (Å²) in [5, 5.41) is 5.50. The fourth-order valence-corrected chi connectivity index (χ4v) is 3.32. The second kappa shape index (κ2) is 7.93. The zero-order valence-electron chi connectivity index (χ0n) is 14.6. The summed E-state index contributed by atoms with van der Waals surface area (Å²) in [7, 11) is 1.77. The molecule has 2 aromatic carbocycles. The molecule has 3 rings (SSSR count). The Morgan fingerprint density at radius 1 is 1.08 bits per heavy atom. The predicted molar refractivity (Wildman–Crippen MR) is 105 cm³/mol. The van der Waals surface area contributed by atoms with Gasteiger partial charge in [-0.1, -0.05) is 18.2 Å². The van der Waals surface area contributed by atoms with Gasteiger partial charge >= 0.3 is 0 Å². The van der Waals surface area contributed by atoms with Crippen LogP contribution in [-0.4, -0.2) is 23.8 Å². The number of para-hydroxylation sites is 1. The number of likely N-dealkylation sites (N-methyl/N-ethyl adjacent to an activating group) is 1. The number of benzene rings is 2. The summed E-state index contributed by atoms with van der Waals surface area (Å²) in [6, 6.07) is 17.0. The molecular weight excluding hydrogens is 346 g/mol. The van der Waals surface area contributed by atoms with Gasteiger partial charge in [0.1, 0.15) is 5.01 Å². The van der Waals surface area contributed by atoms with Gasteiger partial charge in [-0.05, 0) is 36.4 Å². The smallest absolute Gasteiger partial charge is 0.232 e. The summed E-state index contributed by atoms with van der Waals surface area (Å²) < 4.78 is 0. The van der Waals surface area contributed by atoms with Crippen LogP contribution in [0.4, 0.5) is 11.4 Å². The molecule has 3 aromatic rings. The largest absolute Gasteiger partial charge is 0.326 e. The number of aromatic nitrogens is 1. The van der Waals surface area contributed by atoms with E-state index in [1.54, 1.807) is 11.9 Å². The Bertz CT molecular complexity index is 904. The lowest BCUT2D eigenvalue weighted by Crippen LogP contribution is -2.27. The molecule has 0 saturated carbocycles. The van der Waals surface area contributed by atoms with Crippen molar-refractivity contribution < 1.29 is 9.59 Å². The molecule has 0 unspecified atom stereocenters. The van der Waals surface area contributed by atoms with Crippen molar-refractivity contribution in [2.75, 3.05) is 17.3 Å². The number of thiazole rings is 1. The molecule has 0 aliphatic heterocycles. The lowest BCUT2D eigenvalue weighted by Gasteiger charge is -2.16. The minimum Gasteiger partial charge on any atom is -0.326 e. The maximum absolute atomic E-state index is 12.5. The first-order valence-corrected chi connectivity index (χ1v) is 9.05. The van der Waals surface area contributed by atoms with Crippen LogP contribution < -0.4 is 10.2 Å². The number of amides is 2. The van der Waals surface area contributed by atoms with Gasteiger partial charge in [-0.25, -0.2) is 4.98 Å². The molecule has 6 heteroatoms.